The summed E-state index contributed by atoms with van der Waals surface area (Å²) in [4.78, 5) is 19.4. The number of rotatable bonds is 4. The van der Waals surface area contributed by atoms with Gasteiger partial charge in [0.2, 0.25) is 5.91 Å². The Balaban J connectivity index is 1.50. The van der Waals surface area contributed by atoms with Gasteiger partial charge in [0.05, 0.1) is 13.5 Å². The Morgan fingerprint density at radius 3 is 2.92 bits per heavy atom. The monoisotopic (exact) mass is 340 g/mol. The Bertz CT molecular complexity index is 781. The lowest BCUT2D eigenvalue weighted by Gasteiger charge is -2.41. The molecule has 6 nitrogen and oxygen atoms in total. The van der Waals surface area contributed by atoms with Crippen LogP contribution in [0.4, 0.5) is 0 Å². The molecule has 2 aromatic rings. The highest BCUT2D eigenvalue weighted by Gasteiger charge is 2.53. The Hall–Kier alpha value is -2.37. The number of likely N-dealkylation sites (tertiary alicyclic amines) is 1. The maximum Gasteiger partial charge on any atom is 0.227 e. The summed E-state index contributed by atoms with van der Waals surface area (Å²) >= 11 is 0. The highest BCUT2D eigenvalue weighted by atomic mass is 16.5. The van der Waals surface area contributed by atoms with Crippen LogP contribution < -0.4 is 4.74 Å². The molecule has 1 unspecified atom stereocenters. The van der Waals surface area contributed by atoms with Gasteiger partial charge in [-0.25, -0.2) is 4.98 Å². The summed E-state index contributed by atoms with van der Waals surface area (Å²) in [5.41, 5.74) is 1.17. The number of carbonyl (C=O) groups excluding carboxylic acids is 1. The first-order valence-electron chi connectivity index (χ1n) is 8.89. The molecule has 2 heterocycles. The minimum absolute atomic E-state index is 0.175. The molecule has 1 spiro atoms. The summed E-state index contributed by atoms with van der Waals surface area (Å²) in [6, 6.07) is 7.74. The standard InChI is InChI=1S/C19H24N4O2/c1-13-20-18(22-21-13)16-11-23(12-19(16)7-4-8-19)17(24)10-14-5-3-6-15(9-14)25-2/h3,5-6,9,16H,4,7-8,10-12H2,1-2H3,(H,20,21,22). The lowest BCUT2D eigenvalue weighted by molar-refractivity contribution is -0.130. The van der Waals surface area contributed by atoms with Crippen molar-refractivity contribution in [1.82, 2.24) is 20.1 Å². The number of ether oxygens (including phenoxy) is 1. The zero-order chi connectivity index (χ0) is 17.4. The van der Waals surface area contributed by atoms with E-state index in [0.717, 1.165) is 48.9 Å². The molecule has 0 radical (unpaired) electrons. The number of H-pyrrole nitrogens is 1. The average Bonchev–Trinajstić information content (AvgIpc) is 3.18. The summed E-state index contributed by atoms with van der Waals surface area (Å²) in [6.45, 7) is 3.47. The van der Waals surface area contributed by atoms with Crippen molar-refractivity contribution in [3.05, 3.63) is 41.5 Å². The second-order valence-electron chi connectivity index (χ2n) is 7.35. The zero-order valence-corrected chi connectivity index (χ0v) is 14.8. The SMILES string of the molecule is COc1cccc(CC(=O)N2CC(c3n[nH]c(C)n3)C3(CCC3)C2)c1. The van der Waals surface area contributed by atoms with E-state index in [-0.39, 0.29) is 17.2 Å². The molecule has 1 N–H and O–H groups in total. The Kier molecular flexibility index (Phi) is 3.98. The van der Waals surface area contributed by atoms with Crippen LogP contribution in [0.2, 0.25) is 0 Å². The minimum Gasteiger partial charge on any atom is -0.497 e. The van der Waals surface area contributed by atoms with E-state index < -0.39 is 0 Å². The maximum atomic E-state index is 12.9. The average molecular weight is 340 g/mol. The van der Waals surface area contributed by atoms with Crippen molar-refractivity contribution in [3.8, 4) is 5.75 Å². The van der Waals surface area contributed by atoms with E-state index >= 15 is 0 Å². The van der Waals surface area contributed by atoms with Gasteiger partial charge in [0.1, 0.15) is 11.6 Å². The predicted molar refractivity (Wildman–Crippen MR) is 93.4 cm³/mol. The third kappa shape index (κ3) is 2.90. The highest BCUT2D eigenvalue weighted by Crippen LogP contribution is 2.55. The topological polar surface area (TPSA) is 71.1 Å². The molecule has 1 aliphatic carbocycles. The summed E-state index contributed by atoms with van der Waals surface area (Å²) in [7, 11) is 1.64. The van der Waals surface area contributed by atoms with Crippen molar-refractivity contribution in [2.75, 3.05) is 20.2 Å². The van der Waals surface area contributed by atoms with Gasteiger partial charge in [0.25, 0.3) is 0 Å². The van der Waals surface area contributed by atoms with E-state index in [9.17, 15) is 4.79 Å². The quantitative estimate of drug-likeness (QED) is 0.928. The fourth-order valence-electron chi connectivity index (χ4n) is 4.24. The fraction of sp³-hybridized carbons (Fsp3) is 0.526. The number of amides is 1. The highest BCUT2D eigenvalue weighted by molar-refractivity contribution is 5.79. The number of hydrogen-bond donors (Lipinski definition) is 1. The largest absolute Gasteiger partial charge is 0.497 e. The molecule has 1 aromatic heterocycles. The number of benzene rings is 1. The number of nitrogens with one attached hydrogen (secondary N) is 1. The van der Waals surface area contributed by atoms with Crippen molar-refractivity contribution in [1.29, 1.82) is 0 Å². The Morgan fingerprint density at radius 2 is 2.28 bits per heavy atom. The second kappa shape index (κ2) is 6.17. The molecule has 4 rings (SSSR count). The number of methoxy groups -OCH3 is 1. The number of nitrogens with zero attached hydrogens (tertiary/aromatic N) is 3. The maximum absolute atomic E-state index is 12.9. The minimum atomic E-state index is 0.175. The first-order chi connectivity index (χ1) is 12.1. The molecule has 25 heavy (non-hydrogen) atoms. The van der Waals surface area contributed by atoms with E-state index in [1.54, 1.807) is 7.11 Å². The van der Waals surface area contributed by atoms with Crippen LogP contribution in [0.15, 0.2) is 24.3 Å². The first-order valence-corrected chi connectivity index (χ1v) is 8.89. The van der Waals surface area contributed by atoms with Crippen molar-refractivity contribution < 1.29 is 9.53 Å². The fourth-order valence-corrected chi connectivity index (χ4v) is 4.24. The number of aromatic amines is 1. The lowest BCUT2D eigenvalue weighted by atomic mass is 9.62. The van der Waals surface area contributed by atoms with Gasteiger partial charge in [-0.3, -0.25) is 9.89 Å². The molecule has 1 aliphatic heterocycles. The summed E-state index contributed by atoms with van der Waals surface area (Å²) in [5.74, 6) is 2.92. The van der Waals surface area contributed by atoms with Crippen LogP contribution in [-0.2, 0) is 11.2 Å². The number of aromatic nitrogens is 3. The smallest absolute Gasteiger partial charge is 0.227 e. The molecule has 2 fully saturated rings. The third-order valence-electron chi connectivity index (χ3n) is 5.77. The zero-order valence-electron chi connectivity index (χ0n) is 14.8. The predicted octanol–water partition coefficient (Wildman–Crippen LogP) is 2.46. The van der Waals surface area contributed by atoms with Gasteiger partial charge in [-0.15, -0.1) is 0 Å². The molecule has 132 valence electrons. The van der Waals surface area contributed by atoms with Crippen LogP contribution in [0.3, 0.4) is 0 Å². The van der Waals surface area contributed by atoms with Crippen LogP contribution >= 0.6 is 0 Å². The van der Waals surface area contributed by atoms with E-state index in [1.807, 2.05) is 36.1 Å². The van der Waals surface area contributed by atoms with Crippen LogP contribution in [-0.4, -0.2) is 46.2 Å². The number of aryl methyl sites for hydroxylation is 1. The Labute approximate surface area is 147 Å². The number of hydrogen-bond acceptors (Lipinski definition) is 4. The van der Waals surface area contributed by atoms with Crippen LogP contribution in [0, 0.1) is 12.3 Å². The van der Waals surface area contributed by atoms with Gasteiger partial charge in [0, 0.05) is 19.0 Å². The van der Waals surface area contributed by atoms with Crippen molar-refractivity contribution >= 4 is 5.91 Å². The van der Waals surface area contributed by atoms with E-state index in [4.69, 9.17) is 4.74 Å². The molecule has 1 saturated heterocycles. The molecular weight excluding hydrogens is 316 g/mol. The van der Waals surface area contributed by atoms with E-state index in [2.05, 4.69) is 15.2 Å². The van der Waals surface area contributed by atoms with Crippen LogP contribution in [0.1, 0.15) is 42.4 Å². The second-order valence-corrected chi connectivity index (χ2v) is 7.35. The van der Waals surface area contributed by atoms with Gasteiger partial charge in [-0.05, 0) is 42.9 Å². The summed E-state index contributed by atoms with van der Waals surface area (Å²) in [5, 5.41) is 7.33. The van der Waals surface area contributed by atoms with E-state index in [0.29, 0.717) is 6.42 Å². The van der Waals surface area contributed by atoms with Gasteiger partial charge in [-0.2, -0.15) is 5.10 Å². The molecule has 1 atom stereocenters. The Morgan fingerprint density at radius 1 is 1.44 bits per heavy atom. The van der Waals surface area contributed by atoms with Crippen LogP contribution in [0.5, 0.6) is 5.75 Å². The molecular formula is C19H24N4O2. The molecule has 1 saturated carbocycles. The molecule has 1 amide bonds. The third-order valence-corrected chi connectivity index (χ3v) is 5.77. The molecule has 2 aliphatic rings. The van der Waals surface area contributed by atoms with Gasteiger partial charge >= 0.3 is 0 Å². The normalized spacial score (nSPS) is 21.4. The molecule has 6 heteroatoms. The van der Waals surface area contributed by atoms with Gasteiger partial charge < -0.3 is 9.64 Å². The first kappa shape index (κ1) is 16.1. The van der Waals surface area contributed by atoms with Gasteiger partial charge in [0.15, 0.2) is 5.82 Å². The van der Waals surface area contributed by atoms with Crippen molar-refractivity contribution in [2.24, 2.45) is 5.41 Å². The van der Waals surface area contributed by atoms with E-state index in [1.165, 1.54) is 6.42 Å². The molecule has 1 aromatic carbocycles. The summed E-state index contributed by atoms with van der Waals surface area (Å²) < 4.78 is 5.25. The number of carbonyl (C=O) groups is 1. The van der Waals surface area contributed by atoms with Crippen molar-refractivity contribution in [2.45, 2.75) is 38.5 Å². The van der Waals surface area contributed by atoms with Crippen LogP contribution in [0.25, 0.3) is 0 Å². The van der Waals surface area contributed by atoms with Gasteiger partial charge in [-0.1, -0.05) is 18.6 Å². The lowest BCUT2D eigenvalue weighted by Crippen LogP contribution is -2.38. The molecule has 0 bridgehead atoms. The van der Waals surface area contributed by atoms with Crippen molar-refractivity contribution in [3.63, 3.8) is 0 Å². The summed E-state index contributed by atoms with van der Waals surface area (Å²) in [6.07, 6.45) is 3.97.